The zero-order chi connectivity index (χ0) is 21.3. The first-order valence-corrected chi connectivity index (χ1v) is 9.62. The Balaban J connectivity index is 2.17. The van der Waals surface area contributed by atoms with Crippen molar-refractivity contribution in [3.05, 3.63) is 46.9 Å². The van der Waals surface area contributed by atoms with Gasteiger partial charge in [0.2, 0.25) is 0 Å². The van der Waals surface area contributed by atoms with Crippen LogP contribution in [0.15, 0.2) is 40.5 Å². The lowest BCUT2D eigenvalue weighted by molar-refractivity contribution is -0.152. The predicted octanol–water partition coefficient (Wildman–Crippen LogP) is 3.22. The number of ketones is 1. The topological polar surface area (TPSA) is 82.0 Å². The van der Waals surface area contributed by atoms with Crippen molar-refractivity contribution >= 4 is 23.4 Å². The SMILES string of the molecule is CCOC(=O)C1=C(C)N=C2C[C@@H](C)[C@H](C(=O)OC)C(=O)[C@@H]2[C@@H]1c1ccc(F)cc1. The molecule has 3 rings (SSSR count). The summed E-state index contributed by atoms with van der Waals surface area (Å²) in [5.41, 5.74) is 1.96. The molecule has 4 atom stereocenters. The number of fused-ring (bicyclic) bond motifs is 1. The van der Waals surface area contributed by atoms with E-state index >= 15 is 0 Å². The highest BCUT2D eigenvalue weighted by molar-refractivity contribution is 6.17. The van der Waals surface area contributed by atoms with Gasteiger partial charge in [0.15, 0.2) is 5.78 Å². The van der Waals surface area contributed by atoms with E-state index in [9.17, 15) is 18.8 Å². The van der Waals surface area contributed by atoms with Gasteiger partial charge in [-0.3, -0.25) is 14.6 Å². The Kier molecular flexibility index (Phi) is 5.96. The highest BCUT2D eigenvalue weighted by Gasteiger charge is 2.51. The number of methoxy groups -OCH3 is 1. The lowest BCUT2D eigenvalue weighted by Gasteiger charge is -2.40. The van der Waals surface area contributed by atoms with E-state index in [1.807, 2.05) is 6.92 Å². The van der Waals surface area contributed by atoms with Crippen LogP contribution in [0.25, 0.3) is 0 Å². The maximum atomic E-state index is 13.5. The minimum Gasteiger partial charge on any atom is -0.468 e. The second kappa shape index (κ2) is 8.27. The fourth-order valence-corrected chi connectivity index (χ4v) is 4.34. The number of carbonyl (C=O) groups is 3. The molecule has 2 aliphatic rings. The molecule has 29 heavy (non-hydrogen) atoms. The van der Waals surface area contributed by atoms with E-state index in [0.717, 1.165) is 0 Å². The van der Waals surface area contributed by atoms with Crippen molar-refractivity contribution in [1.29, 1.82) is 0 Å². The standard InChI is InChI=1S/C22H24FNO5/c1-5-29-22(27)17-12(3)24-15-10-11(2)16(21(26)28-4)20(25)19(15)18(17)13-6-8-14(23)9-7-13/h6-9,11,16,18-19H,5,10H2,1-4H3/t11-,16+,18-,19+/m1/s1. The Bertz CT molecular complexity index is 902. The van der Waals surface area contributed by atoms with Crippen LogP contribution in [0.2, 0.25) is 0 Å². The first kappa shape index (κ1) is 20.9. The van der Waals surface area contributed by atoms with E-state index in [1.165, 1.54) is 19.2 Å². The molecule has 7 heteroatoms. The molecule has 1 aliphatic carbocycles. The second-order valence-electron chi connectivity index (χ2n) is 7.41. The number of halogens is 1. The number of benzene rings is 1. The summed E-state index contributed by atoms with van der Waals surface area (Å²) in [6.45, 7) is 5.38. The fraction of sp³-hybridized carbons (Fsp3) is 0.455. The zero-order valence-electron chi connectivity index (χ0n) is 16.9. The normalized spacial score (nSPS) is 26.5. The van der Waals surface area contributed by atoms with Gasteiger partial charge in [-0.2, -0.15) is 0 Å². The highest BCUT2D eigenvalue weighted by Crippen LogP contribution is 2.45. The van der Waals surface area contributed by atoms with Gasteiger partial charge < -0.3 is 9.47 Å². The molecule has 0 aromatic heterocycles. The van der Waals surface area contributed by atoms with E-state index in [0.29, 0.717) is 23.4 Å². The molecule has 0 N–H and O–H groups in total. The van der Waals surface area contributed by atoms with Crippen LogP contribution in [0.1, 0.15) is 38.7 Å². The first-order valence-electron chi connectivity index (χ1n) is 9.62. The molecule has 154 valence electrons. The first-order chi connectivity index (χ1) is 13.8. The molecular formula is C22H24FNO5. The number of hydrogen-bond acceptors (Lipinski definition) is 6. The largest absolute Gasteiger partial charge is 0.468 e. The number of nitrogens with zero attached hydrogens (tertiary/aromatic N) is 1. The highest BCUT2D eigenvalue weighted by atomic mass is 19.1. The smallest absolute Gasteiger partial charge is 0.336 e. The third-order valence-electron chi connectivity index (χ3n) is 5.60. The Morgan fingerprint density at radius 2 is 1.86 bits per heavy atom. The van der Waals surface area contributed by atoms with E-state index in [4.69, 9.17) is 9.47 Å². The van der Waals surface area contributed by atoms with Crippen molar-refractivity contribution in [3.8, 4) is 0 Å². The number of ether oxygens (including phenoxy) is 2. The Labute approximate surface area is 168 Å². The summed E-state index contributed by atoms with van der Waals surface area (Å²) in [5.74, 6) is -4.62. The molecule has 1 fully saturated rings. The number of hydrogen-bond donors (Lipinski definition) is 0. The summed E-state index contributed by atoms with van der Waals surface area (Å²) < 4.78 is 23.6. The number of Topliss-reactive ketones (excluding diaryl/α,β-unsaturated/α-hetero) is 1. The molecule has 0 spiro atoms. The molecule has 1 saturated carbocycles. The van der Waals surface area contributed by atoms with Gasteiger partial charge in [0.05, 0.1) is 25.2 Å². The summed E-state index contributed by atoms with van der Waals surface area (Å²) in [4.78, 5) is 43.0. The van der Waals surface area contributed by atoms with Crippen LogP contribution in [0, 0.1) is 23.6 Å². The summed E-state index contributed by atoms with van der Waals surface area (Å²) in [6.07, 6.45) is 0.432. The average molecular weight is 401 g/mol. The maximum Gasteiger partial charge on any atom is 0.336 e. The van der Waals surface area contributed by atoms with Gasteiger partial charge in [-0.1, -0.05) is 19.1 Å². The minimum atomic E-state index is -0.936. The van der Waals surface area contributed by atoms with Crippen LogP contribution in [0.4, 0.5) is 4.39 Å². The molecule has 0 amide bonds. The monoisotopic (exact) mass is 401 g/mol. The predicted molar refractivity (Wildman–Crippen MR) is 104 cm³/mol. The fourth-order valence-electron chi connectivity index (χ4n) is 4.34. The van der Waals surface area contributed by atoms with Crippen LogP contribution >= 0.6 is 0 Å². The zero-order valence-corrected chi connectivity index (χ0v) is 16.9. The third kappa shape index (κ3) is 3.73. The maximum absolute atomic E-state index is 13.5. The number of carbonyl (C=O) groups excluding carboxylic acids is 3. The van der Waals surface area contributed by atoms with Crippen molar-refractivity contribution in [1.82, 2.24) is 0 Å². The van der Waals surface area contributed by atoms with Crippen molar-refractivity contribution in [2.24, 2.45) is 22.7 Å². The van der Waals surface area contributed by atoms with Crippen molar-refractivity contribution in [2.75, 3.05) is 13.7 Å². The third-order valence-corrected chi connectivity index (χ3v) is 5.60. The minimum absolute atomic E-state index is 0.169. The van der Waals surface area contributed by atoms with Crippen LogP contribution in [-0.2, 0) is 23.9 Å². The summed E-state index contributed by atoms with van der Waals surface area (Å²) in [6, 6.07) is 5.67. The summed E-state index contributed by atoms with van der Waals surface area (Å²) in [7, 11) is 1.25. The van der Waals surface area contributed by atoms with Gasteiger partial charge in [-0.25, -0.2) is 9.18 Å². The Hall–Kier alpha value is -2.83. The molecule has 0 bridgehead atoms. The van der Waals surface area contributed by atoms with Gasteiger partial charge in [-0.15, -0.1) is 0 Å². The van der Waals surface area contributed by atoms with E-state index in [-0.39, 0.29) is 23.9 Å². The number of esters is 2. The van der Waals surface area contributed by atoms with Gasteiger partial charge in [-0.05, 0) is 43.9 Å². The molecule has 1 aliphatic heterocycles. The van der Waals surface area contributed by atoms with E-state index < -0.39 is 35.5 Å². The van der Waals surface area contributed by atoms with Crippen LogP contribution in [0.3, 0.4) is 0 Å². The number of aliphatic imine (C=N–C) groups is 1. The molecule has 1 aromatic carbocycles. The second-order valence-corrected chi connectivity index (χ2v) is 7.41. The summed E-state index contributed by atoms with van der Waals surface area (Å²) >= 11 is 0. The number of rotatable bonds is 4. The summed E-state index contributed by atoms with van der Waals surface area (Å²) in [5, 5.41) is 0. The van der Waals surface area contributed by atoms with Gasteiger partial charge >= 0.3 is 11.9 Å². The van der Waals surface area contributed by atoms with Crippen molar-refractivity contribution in [3.63, 3.8) is 0 Å². The molecule has 0 unspecified atom stereocenters. The molecule has 0 saturated heterocycles. The average Bonchev–Trinajstić information content (AvgIpc) is 2.67. The number of allylic oxidation sites excluding steroid dienone is 1. The van der Waals surface area contributed by atoms with Crippen molar-refractivity contribution in [2.45, 2.75) is 33.1 Å². The molecule has 0 radical (unpaired) electrons. The quantitative estimate of drug-likeness (QED) is 0.572. The molecule has 6 nitrogen and oxygen atoms in total. The van der Waals surface area contributed by atoms with Crippen LogP contribution in [-0.4, -0.2) is 37.2 Å². The van der Waals surface area contributed by atoms with Crippen LogP contribution in [0.5, 0.6) is 0 Å². The lowest BCUT2D eigenvalue weighted by Crippen LogP contribution is -2.48. The van der Waals surface area contributed by atoms with Gasteiger partial charge in [0, 0.05) is 17.3 Å². The molecular weight excluding hydrogens is 377 g/mol. The Morgan fingerprint density at radius 1 is 1.21 bits per heavy atom. The van der Waals surface area contributed by atoms with Gasteiger partial charge in [0.1, 0.15) is 11.7 Å². The lowest BCUT2D eigenvalue weighted by atomic mass is 9.64. The Morgan fingerprint density at radius 3 is 2.45 bits per heavy atom. The van der Waals surface area contributed by atoms with Crippen LogP contribution < -0.4 is 0 Å². The molecule has 1 heterocycles. The van der Waals surface area contributed by atoms with Gasteiger partial charge in [0.25, 0.3) is 0 Å². The van der Waals surface area contributed by atoms with Crippen molar-refractivity contribution < 1.29 is 28.2 Å². The van der Waals surface area contributed by atoms with E-state index in [2.05, 4.69) is 4.99 Å². The van der Waals surface area contributed by atoms with E-state index in [1.54, 1.807) is 26.0 Å². The molecule has 1 aromatic rings.